The number of nitro groups is 1. The molecular weight excluding hydrogens is 513 g/mol. The van der Waals surface area contributed by atoms with Gasteiger partial charge in [-0.15, -0.1) is 0 Å². The number of nitro benzene ring substituents is 1. The number of rotatable bonds is 7. The second kappa shape index (κ2) is 10.2. The second-order valence-corrected chi connectivity index (χ2v) is 8.01. The Morgan fingerprint density at radius 2 is 1.92 bits per heavy atom. The fraction of sp³-hybridized carbons (Fsp3) is 0.0800. The molecule has 0 spiro atoms. The summed E-state index contributed by atoms with van der Waals surface area (Å²) in [7, 11) is 0. The van der Waals surface area contributed by atoms with Crippen molar-refractivity contribution in [3.05, 3.63) is 110 Å². The second-order valence-electron chi connectivity index (χ2n) is 7.60. The van der Waals surface area contributed by atoms with E-state index in [0.29, 0.717) is 0 Å². The zero-order chi connectivity index (χ0) is 26.7. The van der Waals surface area contributed by atoms with Crippen LogP contribution in [0.2, 0.25) is 5.02 Å². The molecule has 0 unspecified atom stereocenters. The van der Waals surface area contributed by atoms with Crippen LogP contribution in [0.1, 0.15) is 11.1 Å². The fourth-order valence-electron chi connectivity index (χ4n) is 3.47. The number of benzene rings is 3. The summed E-state index contributed by atoms with van der Waals surface area (Å²) in [6.45, 7) is 3.46. The Labute approximate surface area is 212 Å². The van der Waals surface area contributed by atoms with Gasteiger partial charge in [-0.05, 0) is 30.3 Å². The smallest absolute Gasteiger partial charge is 0.416 e. The minimum Gasteiger partial charge on any atom is -0.482 e. The molecule has 0 atom stereocenters. The van der Waals surface area contributed by atoms with Gasteiger partial charge >= 0.3 is 11.9 Å². The van der Waals surface area contributed by atoms with Gasteiger partial charge in [-0.2, -0.15) is 22.9 Å². The van der Waals surface area contributed by atoms with E-state index < -0.39 is 27.9 Å². The van der Waals surface area contributed by atoms with Gasteiger partial charge in [-0.1, -0.05) is 48.5 Å². The number of alkyl halides is 3. The highest BCUT2D eigenvalue weighted by Crippen LogP contribution is 2.36. The quantitative estimate of drug-likeness (QED) is 0.125. The van der Waals surface area contributed by atoms with Crippen molar-refractivity contribution in [2.24, 2.45) is 5.10 Å². The van der Waals surface area contributed by atoms with E-state index in [1.54, 1.807) is 18.2 Å². The Morgan fingerprint density at radius 1 is 1.16 bits per heavy atom. The van der Waals surface area contributed by atoms with Crippen LogP contribution in [0.4, 0.5) is 18.9 Å². The molecule has 12 heteroatoms. The molecule has 4 aromatic rings. The third-order valence-corrected chi connectivity index (χ3v) is 5.39. The summed E-state index contributed by atoms with van der Waals surface area (Å²) in [5.74, 6) is -0.324. The summed E-state index contributed by atoms with van der Waals surface area (Å²) >= 11 is 6.18. The average Bonchev–Trinajstić information content (AvgIpc) is 2.86. The molecule has 1 heterocycles. The summed E-state index contributed by atoms with van der Waals surface area (Å²) in [5, 5.41) is 15.8. The first-order chi connectivity index (χ1) is 17.6. The molecule has 4 rings (SSSR count). The number of ether oxygens (including phenoxy) is 1. The van der Waals surface area contributed by atoms with E-state index in [-0.39, 0.29) is 45.2 Å². The van der Waals surface area contributed by atoms with Crippen molar-refractivity contribution >= 4 is 34.4 Å². The van der Waals surface area contributed by atoms with Crippen LogP contribution in [0.3, 0.4) is 0 Å². The number of hydrogen-bond donors (Lipinski definition) is 0. The average molecular weight is 529 g/mol. The number of aromatic nitrogens is 2. The van der Waals surface area contributed by atoms with Crippen LogP contribution in [0, 0.1) is 10.1 Å². The van der Waals surface area contributed by atoms with Crippen LogP contribution in [0.5, 0.6) is 5.75 Å². The number of nitrogens with zero attached hydrogens (tertiary/aromatic N) is 4. The van der Waals surface area contributed by atoms with Crippen molar-refractivity contribution in [2.45, 2.75) is 6.18 Å². The first kappa shape index (κ1) is 25.6. The van der Waals surface area contributed by atoms with Gasteiger partial charge in [-0.3, -0.25) is 14.9 Å². The molecule has 0 aliphatic rings. The Bertz CT molecular complexity index is 1620. The monoisotopic (exact) mass is 528 g/mol. The minimum atomic E-state index is -4.62. The molecule has 0 saturated heterocycles. The van der Waals surface area contributed by atoms with Crippen LogP contribution < -0.4 is 10.3 Å². The highest BCUT2D eigenvalue weighted by molar-refractivity contribution is 6.32. The van der Waals surface area contributed by atoms with Gasteiger partial charge in [0.2, 0.25) is 5.75 Å². The standard InChI is InChI=1S/C25H16ClF3N4O4/c1-2-10-37-22-19(26)11-15(12-21(22)33(35)36)14-30-32-23(16-6-5-7-17(13-16)25(27,28)29)31-20-9-4-3-8-18(20)24(32)34/h2-9,11-14H,1,10H2. The van der Waals surface area contributed by atoms with Gasteiger partial charge < -0.3 is 4.74 Å². The fourth-order valence-corrected chi connectivity index (χ4v) is 3.75. The van der Waals surface area contributed by atoms with E-state index in [9.17, 15) is 28.1 Å². The molecule has 0 bridgehead atoms. The van der Waals surface area contributed by atoms with Gasteiger partial charge in [0.25, 0.3) is 5.56 Å². The number of halogens is 4. The van der Waals surface area contributed by atoms with Crippen LogP contribution in [-0.2, 0) is 6.18 Å². The molecule has 0 radical (unpaired) electrons. The SMILES string of the molecule is C=CCOc1c(Cl)cc(C=Nn2c(-c3cccc(C(F)(F)F)c3)nc3ccccc3c2=O)cc1[N+](=O)[O-]. The van der Waals surface area contributed by atoms with Crippen LogP contribution in [-0.4, -0.2) is 27.4 Å². The maximum Gasteiger partial charge on any atom is 0.416 e. The highest BCUT2D eigenvalue weighted by atomic mass is 35.5. The van der Waals surface area contributed by atoms with Crippen LogP contribution >= 0.6 is 11.6 Å². The maximum absolute atomic E-state index is 13.3. The Hall–Kier alpha value is -4.51. The largest absolute Gasteiger partial charge is 0.482 e. The Balaban J connectivity index is 1.89. The van der Waals surface area contributed by atoms with E-state index in [1.807, 2.05) is 0 Å². The van der Waals surface area contributed by atoms with Crippen molar-refractivity contribution < 1.29 is 22.8 Å². The molecule has 8 nitrogen and oxygen atoms in total. The van der Waals surface area contributed by atoms with Gasteiger partial charge in [0, 0.05) is 17.2 Å². The molecule has 0 saturated carbocycles. The molecule has 0 N–H and O–H groups in total. The summed E-state index contributed by atoms with van der Waals surface area (Å²) in [5.41, 5.74) is -1.64. The normalized spacial score (nSPS) is 11.7. The lowest BCUT2D eigenvalue weighted by Crippen LogP contribution is -2.20. The molecule has 3 aromatic carbocycles. The van der Waals surface area contributed by atoms with E-state index in [2.05, 4.69) is 16.7 Å². The topological polar surface area (TPSA) is 99.6 Å². The first-order valence-electron chi connectivity index (χ1n) is 10.6. The van der Waals surface area contributed by atoms with E-state index in [1.165, 1.54) is 30.3 Å². The third kappa shape index (κ3) is 5.36. The number of fused-ring (bicyclic) bond motifs is 1. The number of hydrogen-bond acceptors (Lipinski definition) is 6. The molecule has 188 valence electrons. The lowest BCUT2D eigenvalue weighted by atomic mass is 10.1. The molecule has 0 aliphatic heterocycles. The van der Waals surface area contributed by atoms with Crippen molar-refractivity contribution in [3.63, 3.8) is 0 Å². The molecule has 0 aliphatic carbocycles. The van der Waals surface area contributed by atoms with Crippen molar-refractivity contribution in [2.75, 3.05) is 6.61 Å². The Kier molecular flexibility index (Phi) is 7.07. The Morgan fingerprint density at radius 3 is 2.62 bits per heavy atom. The van der Waals surface area contributed by atoms with Crippen molar-refractivity contribution in [1.82, 2.24) is 9.66 Å². The zero-order valence-corrected chi connectivity index (χ0v) is 19.5. The summed E-state index contributed by atoms with van der Waals surface area (Å²) in [4.78, 5) is 28.5. The maximum atomic E-state index is 13.3. The minimum absolute atomic E-state index is 0.00739. The van der Waals surface area contributed by atoms with E-state index in [0.717, 1.165) is 29.1 Å². The highest BCUT2D eigenvalue weighted by Gasteiger charge is 2.31. The number of para-hydroxylation sites is 1. The molecule has 0 fully saturated rings. The molecule has 1 aromatic heterocycles. The lowest BCUT2D eigenvalue weighted by Gasteiger charge is -2.12. The summed E-state index contributed by atoms with van der Waals surface area (Å²) in [6, 6.07) is 13.1. The van der Waals surface area contributed by atoms with E-state index >= 15 is 0 Å². The van der Waals surface area contributed by atoms with Gasteiger partial charge in [-0.25, -0.2) is 4.98 Å². The van der Waals surface area contributed by atoms with Gasteiger partial charge in [0.05, 0.1) is 32.6 Å². The van der Waals surface area contributed by atoms with Crippen molar-refractivity contribution in [1.29, 1.82) is 0 Å². The van der Waals surface area contributed by atoms with Crippen LogP contribution in [0.15, 0.2) is 83.2 Å². The zero-order valence-electron chi connectivity index (χ0n) is 18.8. The van der Waals surface area contributed by atoms with E-state index in [4.69, 9.17) is 16.3 Å². The molecule has 37 heavy (non-hydrogen) atoms. The molecule has 0 amide bonds. The van der Waals surface area contributed by atoms with Crippen LogP contribution in [0.25, 0.3) is 22.3 Å². The van der Waals surface area contributed by atoms with Gasteiger partial charge in [0.15, 0.2) is 5.82 Å². The predicted molar refractivity (Wildman–Crippen MR) is 133 cm³/mol. The van der Waals surface area contributed by atoms with Gasteiger partial charge in [0.1, 0.15) is 6.61 Å². The summed E-state index contributed by atoms with van der Waals surface area (Å²) < 4.78 is 46.1. The molecular formula is C25H16ClF3N4O4. The first-order valence-corrected chi connectivity index (χ1v) is 10.9. The summed E-state index contributed by atoms with van der Waals surface area (Å²) in [6.07, 6.45) is -2.11. The predicted octanol–water partition coefficient (Wildman–Crippen LogP) is 6.09. The lowest BCUT2D eigenvalue weighted by molar-refractivity contribution is -0.385. The third-order valence-electron chi connectivity index (χ3n) is 5.11. The van der Waals surface area contributed by atoms with Crippen molar-refractivity contribution in [3.8, 4) is 17.1 Å².